The van der Waals surface area contributed by atoms with Crippen LogP contribution in [0.1, 0.15) is 11.1 Å². The lowest BCUT2D eigenvalue weighted by Crippen LogP contribution is -2.60. The van der Waals surface area contributed by atoms with E-state index >= 15 is 0 Å². The molecule has 4 aliphatic rings. The predicted molar refractivity (Wildman–Crippen MR) is 300 cm³/mol. The van der Waals surface area contributed by atoms with E-state index in [-0.39, 0.29) is 13.4 Å². The van der Waals surface area contributed by atoms with E-state index in [2.05, 4.69) is 242 Å². The summed E-state index contributed by atoms with van der Waals surface area (Å²) in [7, 11) is 0. The third-order valence-corrected chi connectivity index (χ3v) is 16.2. The van der Waals surface area contributed by atoms with Gasteiger partial charge in [0.25, 0.3) is 0 Å². The molecule has 0 amide bonds. The predicted octanol–water partition coefficient (Wildman–Crippen LogP) is 13.1. The number of hydrogen-bond donors (Lipinski definition) is 0. The van der Waals surface area contributed by atoms with Crippen LogP contribution in [0, 0.1) is 13.8 Å². The minimum atomic E-state index is 0.0271. The average Bonchev–Trinajstić information content (AvgIpc) is 3.41. The van der Waals surface area contributed by atoms with Crippen molar-refractivity contribution in [2.75, 3.05) is 9.80 Å². The van der Waals surface area contributed by atoms with Crippen molar-refractivity contribution >= 4 is 113 Å². The topological polar surface area (TPSA) is 6.48 Å². The Morgan fingerprint density at radius 2 is 0.657 bits per heavy atom. The van der Waals surface area contributed by atoms with Gasteiger partial charge in [-0.3, -0.25) is 0 Å². The van der Waals surface area contributed by atoms with Crippen molar-refractivity contribution in [1.82, 2.24) is 0 Å². The number of nitrogens with zero attached hydrogens (tertiary/aromatic N) is 2. The molecule has 0 bridgehead atoms. The van der Waals surface area contributed by atoms with Crippen LogP contribution < -0.4 is 42.6 Å². The highest BCUT2D eigenvalue weighted by atomic mass is 15.2. The Bertz CT molecular complexity index is 3930. The van der Waals surface area contributed by atoms with Crippen molar-refractivity contribution < 1.29 is 0 Å². The number of aryl methyl sites for hydroxylation is 2. The molecular weight excluding hydrogens is 842 g/mol. The van der Waals surface area contributed by atoms with Crippen LogP contribution in [0.5, 0.6) is 0 Å². The Morgan fingerprint density at radius 3 is 1.07 bits per heavy atom. The van der Waals surface area contributed by atoms with Crippen molar-refractivity contribution in [2.45, 2.75) is 13.8 Å². The molecular formula is C66H42B2N2. The maximum absolute atomic E-state index is 2.65. The van der Waals surface area contributed by atoms with Crippen molar-refractivity contribution in [2.24, 2.45) is 0 Å². The van der Waals surface area contributed by atoms with Crippen LogP contribution in [0.2, 0.25) is 0 Å². The molecule has 0 spiro atoms. The molecule has 322 valence electrons. The van der Waals surface area contributed by atoms with E-state index in [9.17, 15) is 0 Å². The van der Waals surface area contributed by atoms with Crippen LogP contribution in [0.15, 0.2) is 218 Å². The molecule has 2 nitrogen and oxygen atoms in total. The summed E-state index contributed by atoms with van der Waals surface area (Å²) in [6.07, 6.45) is 0. The molecule has 0 atom stereocenters. The van der Waals surface area contributed by atoms with E-state index in [0.29, 0.717) is 0 Å². The van der Waals surface area contributed by atoms with Gasteiger partial charge in [0.05, 0.1) is 0 Å². The molecule has 4 heterocycles. The number of rotatable bonds is 4. The normalized spacial score (nSPS) is 13.5. The van der Waals surface area contributed by atoms with E-state index < -0.39 is 0 Å². The fourth-order valence-electron chi connectivity index (χ4n) is 13.6. The Morgan fingerprint density at radius 1 is 0.286 bits per heavy atom. The molecule has 0 saturated heterocycles. The van der Waals surface area contributed by atoms with Gasteiger partial charge in [0, 0.05) is 34.1 Å². The second-order valence-electron chi connectivity index (χ2n) is 20.0. The molecule has 0 saturated carbocycles. The molecule has 4 aliphatic heterocycles. The number of anilines is 6. The minimum Gasteiger partial charge on any atom is -0.311 e. The van der Waals surface area contributed by atoms with Gasteiger partial charge in [-0.2, -0.15) is 0 Å². The lowest BCUT2D eigenvalue weighted by Gasteiger charge is -2.42. The monoisotopic (exact) mass is 884 g/mol. The lowest BCUT2D eigenvalue weighted by molar-refractivity contribution is 1.28. The zero-order valence-corrected chi connectivity index (χ0v) is 38.8. The van der Waals surface area contributed by atoms with Crippen LogP contribution in [0.4, 0.5) is 34.1 Å². The molecule has 16 rings (SSSR count). The average molecular weight is 885 g/mol. The highest BCUT2D eigenvalue weighted by Gasteiger charge is 2.45. The Kier molecular flexibility index (Phi) is 7.68. The minimum absolute atomic E-state index is 0.0271. The van der Waals surface area contributed by atoms with Crippen molar-refractivity contribution in [1.29, 1.82) is 0 Å². The quantitative estimate of drug-likeness (QED) is 0.128. The van der Waals surface area contributed by atoms with Crippen molar-refractivity contribution in [3.05, 3.63) is 230 Å². The van der Waals surface area contributed by atoms with E-state index in [0.717, 1.165) is 0 Å². The fourth-order valence-corrected chi connectivity index (χ4v) is 13.6. The summed E-state index contributed by atoms with van der Waals surface area (Å²) in [5, 5.41) is 8.17. The number of hydrogen-bond acceptors (Lipinski definition) is 2. The van der Waals surface area contributed by atoms with Gasteiger partial charge in [-0.05, 0) is 184 Å². The molecule has 70 heavy (non-hydrogen) atoms. The van der Waals surface area contributed by atoms with E-state index in [4.69, 9.17) is 0 Å². The van der Waals surface area contributed by atoms with E-state index in [1.165, 1.54) is 155 Å². The standard InChI is InChI=1S/C66H42B2N2/c1-39-31-51-47-35-45(41-19-7-3-8-20-41)49-38-56-62-48(52-32-40(2)34-60-66(52)68(56)54-28-16-18-30-58(54)70(60)44-25-13-6-14-26-44)36-46(42-21-9-4-10-22-42)50-37-55(61(47)63(49)64(50)62)67-53-27-15-17-29-57(53)69(59(33-39)65(51)67)43-23-11-5-12-24-43/h3-38H,1-2H3. The Balaban J connectivity index is 1.12. The maximum Gasteiger partial charge on any atom is 0.248 e. The summed E-state index contributed by atoms with van der Waals surface area (Å²) in [5.41, 5.74) is 28.5. The van der Waals surface area contributed by atoms with Crippen LogP contribution in [-0.2, 0) is 0 Å². The van der Waals surface area contributed by atoms with E-state index in [1.807, 2.05) is 0 Å². The highest BCUT2D eigenvalue weighted by molar-refractivity contribution is 7.02. The molecule has 12 aromatic carbocycles. The molecule has 0 fully saturated rings. The second-order valence-corrected chi connectivity index (χ2v) is 20.0. The number of para-hydroxylation sites is 4. The van der Waals surface area contributed by atoms with Gasteiger partial charge >= 0.3 is 0 Å². The van der Waals surface area contributed by atoms with Crippen LogP contribution in [-0.4, -0.2) is 13.4 Å². The van der Waals surface area contributed by atoms with Gasteiger partial charge in [-0.1, -0.05) is 169 Å². The van der Waals surface area contributed by atoms with Crippen molar-refractivity contribution in [3.8, 4) is 44.5 Å². The summed E-state index contributed by atoms with van der Waals surface area (Å²) >= 11 is 0. The molecule has 12 aromatic rings. The third kappa shape index (κ3) is 5.00. The molecule has 0 N–H and O–H groups in total. The van der Waals surface area contributed by atoms with Gasteiger partial charge in [-0.25, -0.2) is 0 Å². The van der Waals surface area contributed by atoms with Gasteiger partial charge < -0.3 is 9.80 Å². The van der Waals surface area contributed by atoms with Crippen LogP contribution in [0.3, 0.4) is 0 Å². The third-order valence-electron chi connectivity index (χ3n) is 16.2. The van der Waals surface area contributed by atoms with Gasteiger partial charge in [0.15, 0.2) is 0 Å². The highest BCUT2D eigenvalue weighted by Crippen LogP contribution is 2.52. The second kappa shape index (κ2) is 14.0. The Labute approximate surface area is 408 Å². The van der Waals surface area contributed by atoms with Crippen molar-refractivity contribution in [3.63, 3.8) is 0 Å². The zero-order valence-electron chi connectivity index (χ0n) is 38.8. The first-order valence-electron chi connectivity index (χ1n) is 24.7. The first-order valence-corrected chi connectivity index (χ1v) is 24.7. The zero-order chi connectivity index (χ0) is 45.9. The summed E-state index contributed by atoms with van der Waals surface area (Å²) in [4.78, 5) is 5.04. The number of benzene rings is 12. The Hall–Kier alpha value is -8.59. The van der Waals surface area contributed by atoms with E-state index in [1.54, 1.807) is 0 Å². The summed E-state index contributed by atoms with van der Waals surface area (Å²) in [6.45, 7) is 4.62. The molecule has 0 aliphatic carbocycles. The first-order chi connectivity index (χ1) is 34.6. The molecule has 4 heteroatoms. The SMILES string of the molecule is Cc1cc2c3c(c1)N(c1ccccc1)c1ccccc1B3c1cc3c(-c4ccccc4)cc4c5c(cc6c(-c7ccccc7)cc-2c1c6c35)B1c2ccccc2N(c2ccccc2)c2cc(C)cc-4c21. The van der Waals surface area contributed by atoms with Crippen LogP contribution in [0.25, 0.3) is 76.8 Å². The summed E-state index contributed by atoms with van der Waals surface area (Å²) < 4.78 is 0. The van der Waals surface area contributed by atoms with Gasteiger partial charge in [-0.15, -0.1) is 0 Å². The van der Waals surface area contributed by atoms with Crippen LogP contribution >= 0.6 is 0 Å². The lowest BCUT2D eigenvalue weighted by atomic mass is 9.31. The van der Waals surface area contributed by atoms with Gasteiger partial charge in [0.1, 0.15) is 0 Å². The smallest absolute Gasteiger partial charge is 0.248 e. The fraction of sp³-hybridized carbons (Fsp3) is 0.0303. The summed E-state index contributed by atoms with van der Waals surface area (Å²) in [6, 6.07) is 83.0. The summed E-state index contributed by atoms with van der Waals surface area (Å²) in [5.74, 6) is 0. The van der Waals surface area contributed by atoms with Gasteiger partial charge in [0.2, 0.25) is 13.4 Å². The molecule has 0 radical (unpaired) electrons. The first kappa shape index (κ1) is 38.4. The maximum atomic E-state index is 2.65. The number of fused-ring (bicyclic) bond motifs is 8. The molecule has 0 aromatic heterocycles. The largest absolute Gasteiger partial charge is 0.311 e. The molecule has 0 unspecified atom stereocenters.